The molecule has 336 valence electrons. The van der Waals surface area contributed by atoms with Crippen molar-refractivity contribution >= 4 is 41.4 Å². The van der Waals surface area contributed by atoms with E-state index in [1.54, 1.807) is 0 Å². The van der Waals surface area contributed by atoms with E-state index in [1.807, 2.05) is 23.5 Å². The summed E-state index contributed by atoms with van der Waals surface area (Å²) in [6.07, 6.45) is 34.4. The molecule has 0 amide bonds. The van der Waals surface area contributed by atoms with Crippen molar-refractivity contribution in [1.82, 2.24) is 0 Å². The summed E-state index contributed by atoms with van der Waals surface area (Å²) in [5.41, 5.74) is 0. The fraction of sp³-hybridized carbons (Fsp3) is 0.936. The minimum absolute atomic E-state index is 0.0215. The first kappa shape index (κ1) is 54.0. The van der Waals surface area contributed by atoms with E-state index in [0.29, 0.717) is 12.5 Å². The van der Waals surface area contributed by atoms with Gasteiger partial charge >= 0.3 is 17.9 Å². The zero-order chi connectivity index (χ0) is 41.6. The molecule has 57 heavy (non-hydrogen) atoms. The predicted molar refractivity (Wildman–Crippen MR) is 241 cm³/mol. The van der Waals surface area contributed by atoms with Crippen molar-refractivity contribution in [3.63, 3.8) is 0 Å². The molecule has 0 saturated carbocycles. The molecule has 0 radical (unpaired) electrons. The highest BCUT2D eigenvalue weighted by Crippen LogP contribution is 2.27. The molecule has 10 heteroatoms. The van der Waals surface area contributed by atoms with Crippen molar-refractivity contribution in [1.29, 1.82) is 0 Å². The van der Waals surface area contributed by atoms with Crippen LogP contribution in [0.3, 0.4) is 0 Å². The molecule has 0 N–H and O–H groups in total. The molecule has 8 nitrogen and oxygen atoms in total. The summed E-state index contributed by atoms with van der Waals surface area (Å²) < 4.78 is 28.8. The van der Waals surface area contributed by atoms with Crippen molar-refractivity contribution < 1.29 is 38.1 Å². The van der Waals surface area contributed by atoms with Crippen LogP contribution in [0.4, 0.5) is 0 Å². The van der Waals surface area contributed by atoms with Crippen molar-refractivity contribution in [3.05, 3.63) is 0 Å². The third-order valence-electron chi connectivity index (χ3n) is 10.8. The monoisotopic (exact) mass is 845 g/mol. The third-order valence-corrected chi connectivity index (χ3v) is 13.4. The Bertz CT molecular complexity index is 916. The summed E-state index contributed by atoms with van der Waals surface area (Å²) in [4.78, 5) is 35.9. The van der Waals surface area contributed by atoms with Gasteiger partial charge in [-0.3, -0.25) is 14.4 Å². The molecular formula is C47H88O8S2. The van der Waals surface area contributed by atoms with Gasteiger partial charge in [0.25, 0.3) is 0 Å². The molecule has 4 atom stereocenters. The van der Waals surface area contributed by atoms with Crippen LogP contribution >= 0.6 is 23.5 Å². The van der Waals surface area contributed by atoms with Gasteiger partial charge in [-0.05, 0) is 35.9 Å². The lowest BCUT2D eigenvalue weighted by Gasteiger charge is -2.40. The Hall–Kier alpha value is -0.970. The number of carbonyl (C=O) groups is 3. The van der Waals surface area contributed by atoms with Crippen LogP contribution in [0.25, 0.3) is 0 Å². The van der Waals surface area contributed by atoms with Gasteiger partial charge in [-0.2, -0.15) is 23.5 Å². The maximum Gasteiger partial charge on any atom is 0.303 e. The standard InChI is InChI=1S/C47H88O8S2/c1-6-8-10-12-14-16-18-20-22-24-26-28-30-32-34-56-38-43(39-57-35-33-31-29-27-25-23-21-19-17-15-13-11-9-7-2)36-51-47-46(55-42(5)50)45(54-41(4)49)44(37-52-47)53-40(3)48/h43-47H,6-39H2,1-5H3/t44-,45+,46-,47-/m1/s1. The lowest BCUT2D eigenvalue weighted by atomic mass is 10.0. The highest BCUT2D eigenvalue weighted by Gasteiger charge is 2.47. The van der Waals surface area contributed by atoms with E-state index < -0.39 is 42.5 Å². The van der Waals surface area contributed by atoms with Crippen molar-refractivity contribution in [2.24, 2.45) is 5.92 Å². The van der Waals surface area contributed by atoms with Gasteiger partial charge in [0.15, 0.2) is 24.6 Å². The van der Waals surface area contributed by atoms with Gasteiger partial charge in [0.05, 0.1) is 13.2 Å². The number of unbranched alkanes of at least 4 members (excludes halogenated alkanes) is 26. The summed E-state index contributed by atoms with van der Waals surface area (Å²) in [6.45, 7) is 8.83. The van der Waals surface area contributed by atoms with E-state index >= 15 is 0 Å². The predicted octanol–water partition coefficient (Wildman–Crippen LogP) is 13.2. The summed E-state index contributed by atoms with van der Waals surface area (Å²) in [5, 5.41) is 0. The van der Waals surface area contributed by atoms with Crippen molar-refractivity contribution in [3.8, 4) is 0 Å². The molecule has 0 aromatic carbocycles. The molecule has 0 spiro atoms. The van der Waals surface area contributed by atoms with Crippen LogP contribution in [0.15, 0.2) is 0 Å². The smallest absolute Gasteiger partial charge is 0.303 e. The van der Waals surface area contributed by atoms with E-state index in [2.05, 4.69) is 13.8 Å². The van der Waals surface area contributed by atoms with Crippen molar-refractivity contribution in [2.45, 2.75) is 239 Å². The van der Waals surface area contributed by atoms with Gasteiger partial charge in [-0.25, -0.2) is 0 Å². The topological polar surface area (TPSA) is 97.4 Å². The van der Waals surface area contributed by atoms with Crippen LogP contribution in [-0.4, -0.2) is 78.7 Å². The number of esters is 3. The summed E-state index contributed by atoms with van der Waals surface area (Å²) in [6, 6.07) is 0. The molecule has 1 rings (SSSR count). The maximum atomic E-state index is 12.1. The Balaban J connectivity index is 2.48. The van der Waals surface area contributed by atoms with Gasteiger partial charge < -0.3 is 23.7 Å². The molecule has 0 aromatic heterocycles. The van der Waals surface area contributed by atoms with E-state index in [0.717, 1.165) is 23.0 Å². The van der Waals surface area contributed by atoms with Crippen molar-refractivity contribution in [2.75, 3.05) is 36.2 Å². The Morgan fingerprint density at radius 1 is 0.491 bits per heavy atom. The van der Waals surface area contributed by atoms with Crippen LogP contribution in [0, 0.1) is 5.92 Å². The molecule has 1 aliphatic heterocycles. The lowest BCUT2D eigenvalue weighted by molar-refractivity contribution is -0.282. The first-order valence-electron chi connectivity index (χ1n) is 23.7. The SMILES string of the molecule is CCCCCCCCCCCCCCCCSCC(CO[C@@H]1OC[C@@H](OC(C)=O)[C@H](OC(C)=O)[C@H]1OC(C)=O)CSCCCCCCCCCCCCCCCC. The molecule has 1 aliphatic rings. The second-order valence-corrected chi connectivity index (χ2v) is 18.8. The van der Waals surface area contributed by atoms with Crippen LogP contribution in [-0.2, 0) is 38.1 Å². The third kappa shape index (κ3) is 32.5. The number of hydrogen-bond donors (Lipinski definition) is 0. The normalized spacial score (nSPS) is 18.2. The molecule has 0 aliphatic carbocycles. The molecule has 0 aromatic rings. The lowest BCUT2D eigenvalue weighted by Crippen LogP contribution is -2.58. The second-order valence-electron chi connectivity index (χ2n) is 16.5. The second kappa shape index (κ2) is 39.2. The van der Waals surface area contributed by atoms with Crippen LogP contribution in [0.2, 0.25) is 0 Å². The molecule has 1 saturated heterocycles. The number of carbonyl (C=O) groups excluding carboxylic acids is 3. The van der Waals surface area contributed by atoms with Crippen LogP contribution in [0.1, 0.15) is 214 Å². The molecule has 1 heterocycles. The summed E-state index contributed by atoms with van der Waals surface area (Å²) >= 11 is 4.00. The summed E-state index contributed by atoms with van der Waals surface area (Å²) in [5.74, 6) is 2.90. The number of hydrogen-bond acceptors (Lipinski definition) is 10. The molecule has 1 fully saturated rings. The highest BCUT2D eigenvalue weighted by atomic mass is 32.2. The first-order chi connectivity index (χ1) is 27.8. The van der Waals surface area contributed by atoms with Gasteiger partial charge in [0, 0.05) is 26.7 Å². The zero-order valence-corrected chi connectivity index (χ0v) is 39.1. The average molecular weight is 845 g/mol. The number of ether oxygens (including phenoxy) is 5. The number of thioether (sulfide) groups is 2. The average Bonchev–Trinajstić information content (AvgIpc) is 3.17. The fourth-order valence-electron chi connectivity index (χ4n) is 7.52. The quantitative estimate of drug-likeness (QED) is 0.0337. The zero-order valence-electron chi connectivity index (χ0n) is 37.5. The minimum Gasteiger partial charge on any atom is -0.456 e. The Labute approximate surface area is 359 Å². The number of rotatable bonds is 40. The molecular weight excluding hydrogens is 757 g/mol. The largest absolute Gasteiger partial charge is 0.456 e. The van der Waals surface area contributed by atoms with Crippen LogP contribution < -0.4 is 0 Å². The fourth-order valence-corrected chi connectivity index (χ4v) is 9.92. The van der Waals surface area contributed by atoms with E-state index in [1.165, 1.54) is 201 Å². The first-order valence-corrected chi connectivity index (χ1v) is 26.0. The summed E-state index contributed by atoms with van der Waals surface area (Å²) in [7, 11) is 0. The molecule has 0 unspecified atom stereocenters. The van der Waals surface area contributed by atoms with Crippen LogP contribution in [0.5, 0.6) is 0 Å². The van der Waals surface area contributed by atoms with E-state index in [4.69, 9.17) is 23.7 Å². The van der Waals surface area contributed by atoms with Gasteiger partial charge in [0.2, 0.25) is 0 Å². The van der Waals surface area contributed by atoms with E-state index in [-0.39, 0.29) is 6.61 Å². The highest BCUT2D eigenvalue weighted by molar-refractivity contribution is 8.00. The Morgan fingerprint density at radius 3 is 1.18 bits per heavy atom. The Morgan fingerprint density at radius 2 is 0.825 bits per heavy atom. The van der Waals surface area contributed by atoms with Gasteiger partial charge in [-0.15, -0.1) is 0 Å². The molecule has 0 bridgehead atoms. The Kier molecular flexibility index (Phi) is 37.2. The minimum atomic E-state index is -1.04. The van der Waals surface area contributed by atoms with Gasteiger partial charge in [0.1, 0.15) is 0 Å². The van der Waals surface area contributed by atoms with E-state index in [9.17, 15) is 14.4 Å². The van der Waals surface area contributed by atoms with Gasteiger partial charge in [-0.1, -0.05) is 181 Å². The maximum absolute atomic E-state index is 12.1.